The molecule has 0 spiro atoms. The Bertz CT molecular complexity index is 686. The molecule has 0 radical (unpaired) electrons. The number of rotatable bonds is 5. The van der Waals surface area contributed by atoms with E-state index in [1.165, 1.54) is 12.1 Å². The number of nitriles is 1. The minimum atomic E-state index is -3.54. The van der Waals surface area contributed by atoms with Crippen molar-refractivity contribution in [2.24, 2.45) is 0 Å². The lowest BCUT2D eigenvalue weighted by Crippen LogP contribution is -2.25. The Morgan fingerprint density at radius 3 is 2.79 bits per heavy atom. The van der Waals surface area contributed by atoms with E-state index in [1.807, 2.05) is 23.6 Å². The van der Waals surface area contributed by atoms with Gasteiger partial charge in [-0.1, -0.05) is 12.1 Å². The molecule has 0 fully saturated rings. The molecule has 0 aliphatic carbocycles. The van der Waals surface area contributed by atoms with Crippen molar-refractivity contribution >= 4 is 21.4 Å². The van der Waals surface area contributed by atoms with Crippen molar-refractivity contribution in [3.8, 4) is 6.07 Å². The van der Waals surface area contributed by atoms with Gasteiger partial charge in [-0.05, 0) is 36.1 Å². The van der Waals surface area contributed by atoms with Gasteiger partial charge in [0.05, 0.1) is 16.5 Å². The van der Waals surface area contributed by atoms with Crippen LogP contribution in [0.15, 0.2) is 46.7 Å². The average molecular weight is 292 g/mol. The van der Waals surface area contributed by atoms with Gasteiger partial charge in [-0.3, -0.25) is 0 Å². The maximum atomic E-state index is 12.0. The second kappa shape index (κ2) is 5.97. The molecule has 1 aromatic carbocycles. The third-order valence-electron chi connectivity index (χ3n) is 2.52. The number of thiophene rings is 1. The zero-order chi connectivity index (χ0) is 13.7. The molecule has 6 heteroatoms. The third kappa shape index (κ3) is 3.64. The third-order valence-corrected chi connectivity index (χ3v) is 4.91. The highest BCUT2D eigenvalue weighted by molar-refractivity contribution is 7.89. The molecule has 0 unspecified atom stereocenters. The van der Waals surface area contributed by atoms with Crippen LogP contribution in [0.2, 0.25) is 0 Å². The van der Waals surface area contributed by atoms with Crippen LogP contribution in [0.1, 0.15) is 10.4 Å². The van der Waals surface area contributed by atoms with Gasteiger partial charge in [0.1, 0.15) is 0 Å². The molecule has 0 atom stereocenters. The van der Waals surface area contributed by atoms with Crippen LogP contribution in [0.5, 0.6) is 0 Å². The highest BCUT2D eigenvalue weighted by Gasteiger charge is 2.13. The van der Waals surface area contributed by atoms with Gasteiger partial charge < -0.3 is 0 Å². The molecule has 2 aromatic rings. The molecule has 1 heterocycles. The van der Waals surface area contributed by atoms with Crippen LogP contribution in [-0.2, 0) is 16.4 Å². The summed E-state index contributed by atoms with van der Waals surface area (Å²) in [5.41, 5.74) is 0.334. The van der Waals surface area contributed by atoms with E-state index >= 15 is 0 Å². The summed E-state index contributed by atoms with van der Waals surface area (Å²) in [5, 5.41) is 10.7. The van der Waals surface area contributed by atoms with Gasteiger partial charge in [0.2, 0.25) is 10.0 Å². The monoisotopic (exact) mass is 292 g/mol. The van der Waals surface area contributed by atoms with Crippen molar-refractivity contribution in [3.63, 3.8) is 0 Å². The van der Waals surface area contributed by atoms with E-state index in [9.17, 15) is 8.42 Å². The highest BCUT2D eigenvalue weighted by atomic mass is 32.2. The molecule has 4 nitrogen and oxygen atoms in total. The SMILES string of the molecule is N#Cc1cccc(S(=O)(=O)NCCc2cccs2)c1. The summed E-state index contributed by atoms with van der Waals surface area (Å²) in [6.45, 7) is 0.347. The number of benzene rings is 1. The molecule has 98 valence electrons. The first-order valence-electron chi connectivity index (χ1n) is 5.64. The Labute approximate surface area is 116 Å². The maximum Gasteiger partial charge on any atom is 0.240 e. The topological polar surface area (TPSA) is 70.0 Å². The van der Waals surface area contributed by atoms with Crippen molar-refractivity contribution in [2.75, 3.05) is 6.54 Å². The fourth-order valence-electron chi connectivity index (χ4n) is 1.58. The first-order valence-corrected chi connectivity index (χ1v) is 8.00. The summed E-state index contributed by atoms with van der Waals surface area (Å²) >= 11 is 1.60. The molecule has 2 rings (SSSR count). The molecule has 0 saturated carbocycles. The second-order valence-electron chi connectivity index (χ2n) is 3.87. The van der Waals surface area contributed by atoms with Crippen LogP contribution in [0, 0.1) is 11.3 Å². The summed E-state index contributed by atoms with van der Waals surface area (Å²) in [6.07, 6.45) is 0.662. The largest absolute Gasteiger partial charge is 0.240 e. The van der Waals surface area contributed by atoms with Crippen LogP contribution in [0.3, 0.4) is 0 Å². The zero-order valence-electron chi connectivity index (χ0n) is 10.0. The van der Waals surface area contributed by atoms with Crippen molar-refractivity contribution in [3.05, 3.63) is 52.2 Å². The number of hydrogen-bond donors (Lipinski definition) is 1. The van der Waals surface area contributed by atoms with E-state index in [0.29, 0.717) is 18.5 Å². The van der Waals surface area contributed by atoms with Crippen LogP contribution < -0.4 is 4.72 Å². The summed E-state index contributed by atoms with van der Waals surface area (Å²) in [6, 6.07) is 11.8. The van der Waals surface area contributed by atoms with E-state index in [2.05, 4.69) is 4.72 Å². The van der Waals surface area contributed by atoms with E-state index in [4.69, 9.17) is 5.26 Å². The van der Waals surface area contributed by atoms with E-state index in [-0.39, 0.29) is 4.90 Å². The Morgan fingerprint density at radius 1 is 1.26 bits per heavy atom. The van der Waals surface area contributed by atoms with E-state index in [1.54, 1.807) is 23.5 Å². The number of nitrogens with one attached hydrogen (secondary N) is 1. The number of hydrogen-bond acceptors (Lipinski definition) is 4. The lowest BCUT2D eigenvalue weighted by Gasteiger charge is -2.06. The quantitative estimate of drug-likeness (QED) is 0.918. The predicted molar refractivity (Wildman–Crippen MR) is 74.4 cm³/mol. The van der Waals surface area contributed by atoms with Crippen LogP contribution in [0.4, 0.5) is 0 Å². The summed E-state index contributed by atoms with van der Waals surface area (Å²) < 4.78 is 26.6. The van der Waals surface area contributed by atoms with Crippen molar-refractivity contribution in [1.29, 1.82) is 5.26 Å². The maximum absolute atomic E-state index is 12.0. The van der Waals surface area contributed by atoms with Crippen molar-refractivity contribution in [2.45, 2.75) is 11.3 Å². The molecule has 0 saturated heterocycles. The van der Waals surface area contributed by atoms with Gasteiger partial charge in [0, 0.05) is 11.4 Å². The summed E-state index contributed by atoms with van der Waals surface area (Å²) in [5.74, 6) is 0. The molecule has 0 bridgehead atoms. The Kier molecular flexibility index (Phi) is 4.32. The lowest BCUT2D eigenvalue weighted by atomic mass is 10.2. The lowest BCUT2D eigenvalue weighted by molar-refractivity contribution is 0.582. The van der Waals surface area contributed by atoms with Crippen LogP contribution in [-0.4, -0.2) is 15.0 Å². The Balaban J connectivity index is 2.03. The number of sulfonamides is 1. The van der Waals surface area contributed by atoms with Crippen molar-refractivity contribution < 1.29 is 8.42 Å². The van der Waals surface area contributed by atoms with Gasteiger partial charge in [0.15, 0.2) is 0 Å². The normalized spacial score (nSPS) is 11.1. The van der Waals surface area contributed by atoms with Gasteiger partial charge in [0.25, 0.3) is 0 Å². The van der Waals surface area contributed by atoms with Crippen LogP contribution >= 0.6 is 11.3 Å². The smallest absolute Gasteiger partial charge is 0.211 e. The van der Waals surface area contributed by atoms with Gasteiger partial charge in [-0.25, -0.2) is 13.1 Å². The second-order valence-corrected chi connectivity index (χ2v) is 6.67. The average Bonchev–Trinajstić information content (AvgIpc) is 2.92. The molecule has 0 aliphatic heterocycles. The minimum absolute atomic E-state index is 0.123. The fourth-order valence-corrected chi connectivity index (χ4v) is 3.37. The van der Waals surface area contributed by atoms with Gasteiger partial charge >= 0.3 is 0 Å². The molecule has 0 aliphatic rings. The van der Waals surface area contributed by atoms with E-state index < -0.39 is 10.0 Å². The Morgan fingerprint density at radius 2 is 2.11 bits per heavy atom. The molecule has 1 aromatic heterocycles. The minimum Gasteiger partial charge on any atom is -0.211 e. The standard InChI is InChI=1S/C13H12N2O2S2/c14-10-11-3-1-5-13(9-11)19(16,17)15-7-6-12-4-2-8-18-12/h1-5,8-9,15H,6-7H2. The molecular formula is C13H12N2O2S2. The van der Waals surface area contributed by atoms with Gasteiger partial charge in [-0.2, -0.15) is 5.26 Å². The van der Waals surface area contributed by atoms with Gasteiger partial charge in [-0.15, -0.1) is 11.3 Å². The summed E-state index contributed by atoms with van der Waals surface area (Å²) in [4.78, 5) is 1.26. The van der Waals surface area contributed by atoms with E-state index in [0.717, 1.165) is 4.88 Å². The zero-order valence-corrected chi connectivity index (χ0v) is 11.7. The molecular weight excluding hydrogens is 280 g/mol. The predicted octanol–water partition coefficient (Wildman–Crippen LogP) is 2.14. The molecule has 1 N–H and O–H groups in total. The molecule has 0 amide bonds. The van der Waals surface area contributed by atoms with Crippen LogP contribution in [0.25, 0.3) is 0 Å². The van der Waals surface area contributed by atoms with Crippen molar-refractivity contribution in [1.82, 2.24) is 4.72 Å². The summed E-state index contributed by atoms with van der Waals surface area (Å²) in [7, 11) is -3.54. The fraction of sp³-hybridized carbons (Fsp3) is 0.154. The highest BCUT2D eigenvalue weighted by Crippen LogP contribution is 2.12. The Hall–Kier alpha value is -1.68. The first-order chi connectivity index (χ1) is 9.12. The number of nitrogens with zero attached hydrogens (tertiary/aromatic N) is 1. The first kappa shape index (κ1) is 13.7. The molecule has 19 heavy (non-hydrogen) atoms.